The molecular formula is C21H20ClNO4S2. The highest BCUT2D eigenvalue weighted by molar-refractivity contribution is 7.92. The molecule has 0 aromatic heterocycles. The maximum absolute atomic E-state index is 13.4. The van der Waals surface area contributed by atoms with E-state index in [1.165, 1.54) is 4.31 Å². The van der Waals surface area contributed by atoms with Crippen LogP contribution in [-0.4, -0.2) is 40.0 Å². The van der Waals surface area contributed by atoms with Gasteiger partial charge in [-0.15, -0.1) is 0 Å². The first-order chi connectivity index (χ1) is 13.8. The van der Waals surface area contributed by atoms with Crippen molar-refractivity contribution >= 4 is 42.2 Å². The summed E-state index contributed by atoms with van der Waals surface area (Å²) in [6, 6.07) is 19.2. The SMILES string of the molecule is O=S1(=O)CCN(S(=O)(=O)c2cccc3ccccc23)CCC1c1ccccc1Cl. The molecule has 0 spiro atoms. The van der Waals surface area contributed by atoms with Crippen LogP contribution >= 0.6 is 11.6 Å². The van der Waals surface area contributed by atoms with Gasteiger partial charge in [0.2, 0.25) is 10.0 Å². The second kappa shape index (κ2) is 7.72. The van der Waals surface area contributed by atoms with Gasteiger partial charge in [0.05, 0.1) is 15.9 Å². The maximum atomic E-state index is 13.4. The zero-order valence-corrected chi connectivity index (χ0v) is 17.9. The zero-order valence-electron chi connectivity index (χ0n) is 15.5. The van der Waals surface area contributed by atoms with Gasteiger partial charge < -0.3 is 0 Å². The molecule has 8 heteroatoms. The molecule has 0 N–H and O–H groups in total. The van der Waals surface area contributed by atoms with Crippen LogP contribution in [0.1, 0.15) is 17.2 Å². The Labute approximate surface area is 175 Å². The Morgan fingerprint density at radius 2 is 1.59 bits per heavy atom. The summed E-state index contributed by atoms with van der Waals surface area (Å²) in [5.41, 5.74) is 0.526. The molecule has 29 heavy (non-hydrogen) atoms. The Morgan fingerprint density at radius 1 is 0.897 bits per heavy atom. The van der Waals surface area contributed by atoms with Gasteiger partial charge in [0.25, 0.3) is 0 Å². The quantitative estimate of drug-likeness (QED) is 0.604. The summed E-state index contributed by atoms with van der Waals surface area (Å²) in [6.45, 7) is 0.0372. The molecule has 1 unspecified atom stereocenters. The van der Waals surface area contributed by atoms with E-state index in [1.54, 1.807) is 48.5 Å². The normalized spacial score (nSPS) is 20.4. The number of nitrogens with zero attached hydrogens (tertiary/aromatic N) is 1. The molecule has 0 saturated carbocycles. The Balaban J connectivity index is 1.71. The lowest BCUT2D eigenvalue weighted by molar-refractivity contribution is 0.428. The van der Waals surface area contributed by atoms with Gasteiger partial charge in [-0.3, -0.25) is 0 Å². The Morgan fingerprint density at radius 3 is 2.38 bits per heavy atom. The number of hydrogen-bond acceptors (Lipinski definition) is 4. The highest BCUT2D eigenvalue weighted by Gasteiger charge is 2.36. The van der Waals surface area contributed by atoms with Gasteiger partial charge in [-0.25, -0.2) is 16.8 Å². The van der Waals surface area contributed by atoms with Crippen LogP contribution in [-0.2, 0) is 19.9 Å². The van der Waals surface area contributed by atoms with Gasteiger partial charge in [0.1, 0.15) is 0 Å². The Bertz CT molecular complexity index is 1270. The third-order valence-electron chi connectivity index (χ3n) is 5.32. The summed E-state index contributed by atoms with van der Waals surface area (Å²) in [6.07, 6.45) is 0.163. The third-order valence-corrected chi connectivity index (χ3v) is 9.73. The first kappa shape index (κ1) is 20.3. The van der Waals surface area contributed by atoms with Crippen LogP contribution in [0.3, 0.4) is 0 Å². The average Bonchev–Trinajstić information content (AvgIpc) is 2.86. The number of rotatable bonds is 3. The second-order valence-corrected chi connectivity index (χ2v) is 11.7. The second-order valence-electron chi connectivity index (χ2n) is 7.05. The summed E-state index contributed by atoms with van der Waals surface area (Å²) in [5, 5.41) is 1.02. The first-order valence-corrected chi connectivity index (χ1v) is 12.8. The third kappa shape index (κ3) is 3.80. The van der Waals surface area contributed by atoms with Crippen LogP contribution in [0.4, 0.5) is 0 Å². The van der Waals surface area contributed by atoms with Crippen molar-refractivity contribution in [1.29, 1.82) is 0 Å². The maximum Gasteiger partial charge on any atom is 0.243 e. The zero-order chi connectivity index (χ0) is 20.6. The molecular weight excluding hydrogens is 430 g/mol. The van der Waals surface area contributed by atoms with Crippen molar-refractivity contribution in [1.82, 2.24) is 4.31 Å². The summed E-state index contributed by atoms with van der Waals surface area (Å²) < 4.78 is 53.8. The fourth-order valence-electron chi connectivity index (χ4n) is 3.81. The molecule has 1 aliphatic heterocycles. The van der Waals surface area contributed by atoms with Crippen molar-refractivity contribution in [3.05, 3.63) is 77.3 Å². The van der Waals surface area contributed by atoms with Gasteiger partial charge in [0.15, 0.2) is 9.84 Å². The van der Waals surface area contributed by atoms with Crippen molar-refractivity contribution in [2.75, 3.05) is 18.8 Å². The van der Waals surface area contributed by atoms with Gasteiger partial charge in [-0.2, -0.15) is 4.31 Å². The number of hydrogen-bond donors (Lipinski definition) is 0. The van der Waals surface area contributed by atoms with Gasteiger partial charge in [-0.05, 0) is 29.5 Å². The fourth-order valence-corrected chi connectivity index (χ4v) is 7.74. The van der Waals surface area contributed by atoms with E-state index < -0.39 is 25.1 Å². The fraction of sp³-hybridized carbons (Fsp3) is 0.238. The molecule has 1 atom stereocenters. The predicted molar refractivity (Wildman–Crippen MR) is 115 cm³/mol. The van der Waals surface area contributed by atoms with E-state index in [-0.39, 0.29) is 30.2 Å². The molecule has 152 valence electrons. The minimum Gasteiger partial charge on any atom is -0.228 e. The number of benzene rings is 3. The standard InChI is InChI=1S/C21H20ClNO4S2/c22-19-10-4-3-9-18(19)20-12-13-23(14-15-28(20,24)25)29(26,27)21-11-5-7-16-6-1-2-8-17(16)21/h1-11,20H,12-15H2. The van der Waals surface area contributed by atoms with E-state index in [1.807, 2.05) is 18.2 Å². The van der Waals surface area contributed by atoms with Crippen LogP contribution in [0, 0.1) is 0 Å². The number of fused-ring (bicyclic) bond motifs is 1. The monoisotopic (exact) mass is 449 g/mol. The van der Waals surface area contributed by atoms with Crippen molar-refractivity contribution in [3.8, 4) is 0 Å². The highest BCUT2D eigenvalue weighted by atomic mass is 35.5. The predicted octanol–water partition coefficient (Wildman–Crippen LogP) is 4.04. The van der Waals surface area contributed by atoms with E-state index >= 15 is 0 Å². The van der Waals surface area contributed by atoms with Gasteiger partial charge in [-0.1, -0.05) is 66.2 Å². The number of sulfonamides is 1. The van der Waals surface area contributed by atoms with E-state index in [4.69, 9.17) is 11.6 Å². The van der Waals surface area contributed by atoms with Crippen LogP contribution in [0.5, 0.6) is 0 Å². The topological polar surface area (TPSA) is 71.5 Å². The van der Waals surface area contributed by atoms with Crippen molar-refractivity contribution in [2.24, 2.45) is 0 Å². The lowest BCUT2D eigenvalue weighted by Gasteiger charge is -2.21. The minimum atomic E-state index is -3.84. The Kier molecular flexibility index (Phi) is 5.42. The van der Waals surface area contributed by atoms with Crippen LogP contribution < -0.4 is 0 Å². The summed E-state index contributed by atoms with van der Waals surface area (Å²) in [7, 11) is -7.39. The molecule has 0 radical (unpaired) electrons. The van der Waals surface area contributed by atoms with E-state index in [9.17, 15) is 16.8 Å². The molecule has 3 aromatic carbocycles. The lowest BCUT2D eigenvalue weighted by atomic mass is 10.1. The minimum absolute atomic E-state index is 0.0746. The molecule has 3 aromatic rings. The van der Waals surface area contributed by atoms with Crippen LogP contribution in [0.15, 0.2) is 71.6 Å². The van der Waals surface area contributed by atoms with Crippen molar-refractivity contribution in [3.63, 3.8) is 0 Å². The smallest absolute Gasteiger partial charge is 0.228 e. The first-order valence-electron chi connectivity index (χ1n) is 9.24. The molecule has 0 bridgehead atoms. The molecule has 1 aliphatic rings. The summed E-state index contributed by atoms with van der Waals surface area (Å²) >= 11 is 6.23. The van der Waals surface area contributed by atoms with Crippen molar-refractivity contribution in [2.45, 2.75) is 16.6 Å². The molecule has 0 aliphatic carbocycles. The Hall–Kier alpha value is -1.93. The molecule has 1 fully saturated rings. The molecule has 5 nitrogen and oxygen atoms in total. The number of halogens is 1. The molecule has 1 saturated heterocycles. The van der Waals surface area contributed by atoms with Gasteiger partial charge in [0, 0.05) is 23.5 Å². The lowest BCUT2D eigenvalue weighted by Crippen LogP contribution is -2.33. The van der Waals surface area contributed by atoms with Gasteiger partial charge >= 0.3 is 0 Å². The van der Waals surface area contributed by atoms with Crippen LogP contribution in [0.2, 0.25) is 5.02 Å². The van der Waals surface area contributed by atoms with E-state index in [2.05, 4.69) is 0 Å². The van der Waals surface area contributed by atoms with E-state index in [0.717, 1.165) is 5.39 Å². The summed E-state index contributed by atoms with van der Waals surface area (Å²) in [4.78, 5) is 0.198. The molecule has 1 heterocycles. The van der Waals surface area contributed by atoms with E-state index in [0.29, 0.717) is 16.0 Å². The molecule has 0 amide bonds. The average molecular weight is 450 g/mol. The largest absolute Gasteiger partial charge is 0.243 e. The van der Waals surface area contributed by atoms with Crippen LogP contribution in [0.25, 0.3) is 10.8 Å². The molecule has 4 rings (SSSR count). The summed E-state index contributed by atoms with van der Waals surface area (Å²) in [5.74, 6) is -0.243. The highest BCUT2D eigenvalue weighted by Crippen LogP contribution is 2.35. The number of sulfone groups is 1. The van der Waals surface area contributed by atoms with Crippen molar-refractivity contribution < 1.29 is 16.8 Å².